The van der Waals surface area contributed by atoms with Gasteiger partial charge in [-0.1, -0.05) is 26.7 Å². The van der Waals surface area contributed by atoms with Gasteiger partial charge < -0.3 is 5.32 Å². The first-order valence-electron chi connectivity index (χ1n) is 5.19. The lowest BCUT2D eigenvalue weighted by atomic mass is 10.0. The lowest BCUT2D eigenvalue weighted by molar-refractivity contribution is 0.0947. The van der Waals surface area contributed by atoms with Crippen LogP contribution in [0.25, 0.3) is 0 Å². The second-order valence-electron chi connectivity index (χ2n) is 3.53. The van der Waals surface area contributed by atoms with Crippen LogP contribution in [0.15, 0.2) is 15.2 Å². The summed E-state index contributed by atoms with van der Waals surface area (Å²) in [7, 11) is 0. The second kappa shape index (κ2) is 6.28. The van der Waals surface area contributed by atoms with Crippen molar-refractivity contribution in [3.05, 3.63) is 20.8 Å². The minimum atomic E-state index is 0.0313. The van der Waals surface area contributed by atoms with Gasteiger partial charge in [-0.2, -0.15) is 0 Å². The van der Waals surface area contributed by atoms with E-state index in [0.29, 0.717) is 5.92 Å². The predicted octanol–water partition coefficient (Wildman–Crippen LogP) is 3.68. The number of halogens is 1. The highest BCUT2D eigenvalue weighted by molar-refractivity contribution is 9.11. The fraction of sp³-hybridized carbons (Fsp3) is 0.545. The van der Waals surface area contributed by atoms with E-state index in [9.17, 15) is 4.79 Å². The van der Waals surface area contributed by atoms with Gasteiger partial charge in [0.25, 0.3) is 5.91 Å². The molecule has 15 heavy (non-hydrogen) atoms. The van der Waals surface area contributed by atoms with Gasteiger partial charge in [-0.05, 0) is 27.9 Å². The zero-order chi connectivity index (χ0) is 11.3. The lowest BCUT2D eigenvalue weighted by Crippen LogP contribution is -2.28. The third-order valence-corrected chi connectivity index (χ3v) is 4.04. The summed E-state index contributed by atoms with van der Waals surface area (Å²) in [6.07, 6.45) is 2.23. The topological polar surface area (TPSA) is 29.1 Å². The van der Waals surface area contributed by atoms with Crippen LogP contribution in [-0.2, 0) is 0 Å². The molecule has 1 aromatic rings. The van der Waals surface area contributed by atoms with E-state index in [-0.39, 0.29) is 5.91 Å². The van der Waals surface area contributed by atoms with Gasteiger partial charge in [-0.15, -0.1) is 11.3 Å². The summed E-state index contributed by atoms with van der Waals surface area (Å²) in [5.41, 5.74) is 0.748. The summed E-state index contributed by atoms with van der Waals surface area (Å²) in [6, 6.07) is 1.85. The molecule has 0 aliphatic carbocycles. The van der Waals surface area contributed by atoms with Crippen molar-refractivity contribution in [3.63, 3.8) is 0 Å². The van der Waals surface area contributed by atoms with Crippen molar-refractivity contribution >= 4 is 33.2 Å². The first-order valence-corrected chi connectivity index (χ1v) is 6.86. The molecule has 0 atom stereocenters. The summed E-state index contributed by atoms with van der Waals surface area (Å²) in [5.74, 6) is 0.625. The molecule has 0 fully saturated rings. The van der Waals surface area contributed by atoms with E-state index in [1.54, 1.807) is 0 Å². The molecule has 0 aliphatic rings. The number of hydrogen-bond donors (Lipinski definition) is 1. The molecule has 0 bridgehead atoms. The molecule has 4 heteroatoms. The molecule has 84 valence electrons. The van der Waals surface area contributed by atoms with Gasteiger partial charge >= 0.3 is 0 Å². The van der Waals surface area contributed by atoms with Gasteiger partial charge in [-0.3, -0.25) is 4.79 Å². The Morgan fingerprint density at radius 2 is 2.20 bits per heavy atom. The molecule has 0 aliphatic heterocycles. The molecule has 0 saturated heterocycles. The Morgan fingerprint density at radius 1 is 1.53 bits per heavy atom. The van der Waals surface area contributed by atoms with E-state index in [0.717, 1.165) is 28.7 Å². The third-order valence-electron chi connectivity index (χ3n) is 2.54. The Morgan fingerprint density at radius 3 is 2.67 bits per heavy atom. The van der Waals surface area contributed by atoms with E-state index in [1.807, 2.05) is 11.4 Å². The Kier molecular flexibility index (Phi) is 5.32. The van der Waals surface area contributed by atoms with Crippen LogP contribution in [-0.4, -0.2) is 12.5 Å². The largest absolute Gasteiger partial charge is 0.352 e. The highest BCUT2D eigenvalue weighted by Gasteiger charge is 2.09. The highest BCUT2D eigenvalue weighted by atomic mass is 79.9. The predicted molar refractivity (Wildman–Crippen MR) is 68.4 cm³/mol. The van der Waals surface area contributed by atoms with Crippen LogP contribution in [0.3, 0.4) is 0 Å². The molecule has 2 nitrogen and oxygen atoms in total. The van der Waals surface area contributed by atoms with E-state index in [2.05, 4.69) is 35.1 Å². The third kappa shape index (κ3) is 3.95. The number of amides is 1. The number of hydrogen-bond acceptors (Lipinski definition) is 2. The van der Waals surface area contributed by atoms with Gasteiger partial charge in [0, 0.05) is 11.9 Å². The maximum atomic E-state index is 11.7. The summed E-state index contributed by atoms with van der Waals surface area (Å²) < 4.78 is 0.996. The number of carbonyl (C=O) groups excluding carboxylic acids is 1. The van der Waals surface area contributed by atoms with Gasteiger partial charge in [-0.25, -0.2) is 0 Å². The summed E-state index contributed by atoms with van der Waals surface area (Å²) >= 11 is 4.88. The maximum absolute atomic E-state index is 11.7. The van der Waals surface area contributed by atoms with Crippen LogP contribution in [0.2, 0.25) is 0 Å². The minimum absolute atomic E-state index is 0.0313. The first-order chi connectivity index (χ1) is 7.17. The summed E-state index contributed by atoms with van der Waals surface area (Å²) in [6.45, 7) is 5.09. The molecule has 1 heterocycles. The molecular weight excluding hydrogens is 274 g/mol. The van der Waals surface area contributed by atoms with Gasteiger partial charge in [0.2, 0.25) is 0 Å². The van der Waals surface area contributed by atoms with Crippen molar-refractivity contribution in [2.24, 2.45) is 5.92 Å². The van der Waals surface area contributed by atoms with Crippen molar-refractivity contribution in [1.29, 1.82) is 0 Å². The molecule has 0 aromatic carbocycles. The molecule has 1 rings (SSSR count). The molecule has 1 N–H and O–H groups in total. The van der Waals surface area contributed by atoms with E-state index >= 15 is 0 Å². The van der Waals surface area contributed by atoms with Crippen LogP contribution in [0.4, 0.5) is 0 Å². The Hall–Kier alpha value is -0.350. The fourth-order valence-corrected chi connectivity index (χ4v) is 2.48. The molecule has 1 amide bonds. The Balaban J connectivity index is 2.42. The normalized spacial score (nSPS) is 10.7. The Labute approximate surface area is 103 Å². The first kappa shape index (κ1) is 12.7. The van der Waals surface area contributed by atoms with Crippen molar-refractivity contribution < 1.29 is 4.79 Å². The smallest absolute Gasteiger partial charge is 0.252 e. The zero-order valence-electron chi connectivity index (χ0n) is 9.05. The van der Waals surface area contributed by atoms with Gasteiger partial charge in [0.1, 0.15) is 0 Å². The quantitative estimate of drug-likeness (QED) is 0.880. The van der Waals surface area contributed by atoms with Crippen molar-refractivity contribution in [2.75, 3.05) is 6.54 Å². The zero-order valence-corrected chi connectivity index (χ0v) is 11.5. The lowest BCUT2D eigenvalue weighted by Gasteiger charge is -2.12. The van der Waals surface area contributed by atoms with Gasteiger partial charge in [0.05, 0.1) is 9.35 Å². The number of carbonyl (C=O) groups is 1. The molecule has 0 saturated carbocycles. The number of rotatable bonds is 5. The highest BCUT2D eigenvalue weighted by Crippen LogP contribution is 2.20. The average Bonchev–Trinajstić information content (AvgIpc) is 2.66. The van der Waals surface area contributed by atoms with Crippen molar-refractivity contribution in [1.82, 2.24) is 5.32 Å². The van der Waals surface area contributed by atoms with Crippen LogP contribution < -0.4 is 5.32 Å². The second-order valence-corrected chi connectivity index (χ2v) is 5.82. The fourth-order valence-electron chi connectivity index (χ4n) is 1.35. The van der Waals surface area contributed by atoms with Crippen molar-refractivity contribution in [3.8, 4) is 0 Å². The summed E-state index contributed by atoms with van der Waals surface area (Å²) in [5, 5.41) is 4.83. The molecule has 0 unspecified atom stereocenters. The van der Waals surface area contributed by atoms with E-state index < -0.39 is 0 Å². The summed E-state index contributed by atoms with van der Waals surface area (Å²) in [4.78, 5) is 11.7. The van der Waals surface area contributed by atoms with Gasteiger partial charge in [0.15, 0.2) is 0 Å². The maximum Gasteiger partial charge on any atom is 0.252 e. The SMILES string of the molecule is CCC(CC)CNC(=O)c1csc(Br)c1. The van der Waals surface area contributed by atoms with Crippen LogP contribution in [0, 0.1) is 5.92 Å². The van der Waals surface area contributed by atoms with E-state index in [4.69, 9.17) is 0 Å². The standard InChI is InChI=1S/C11H16BrNOS/c1-3-8(4-2)6-13-11(14)9-5-10(12)15-7-9/h5,7-8H,3-4,6H2,1-2H3,(H,13,14). The molecule has 0 radical (unpaired) electrons. The molecule has 1 aromatic heterocycles. The van der Waals surface area contributed by atoms with Crippen molar-refractivity contribution in [2.45, 2.75) is 26.7 Å². The number of nitrogens with one attached hydrogen (secondary N) is 1. The van der Waals surface area contributed by atoms with Crippen LogP contribution >= 0.6 is 27.3 Å². The molecular formula is C11H16BrNOS. The monoisotopic (exact) mass is 289 g/mol. The number of thiophene rings is 1. The molecule has 0 spiro atoms. The minimum Gasteiger partial charge on any atom is -0.352 e. The van der Waals surface area contributed by atoms with Crippen LogP contribution in [0.1, 0.15) is 37.0 Å². The average molecular weight is 290 g/mol. The van der Waals surface area contributed by atoms with E-state index in [1.165, 1.54) is 11.3 Å². The van der Waals surface area contributed by atoms with Crippen LogP contribution in [0.5, 0.6) is 0 Å². The Bertz CT molecular complexity index is 320.